The molecule has 2 rings (SSSR count). The summed E-state index contributed by atoms with van der Waals surface area (Å²) in [7, 11) is -3.23. The minimum absolute atomic E-state index is 0.132. The maximum Gasteiger partial charge on any atom is 0.337 e. The van der Waals surface area contributed by atoms with E-state index in [1.165, 1.54) is 12.4 Å². The Labute approximate surface area is 109 Å². The number of aromatic carboxylic acids is 1. The van der Waals surface area contributed by atoms with E-state index >= 15 is 0 Å². The summed E-state index contributed by atoms with van der Waals surface area (Å²) in [5, 5.41) is 9.03. The Bertz CT molecular complexity index is 721. The second kappa shape index (κ2) is 4.98. The molecule has 0 fully saturated rings. The van der Waals surface area contributed by atoms with Crippen LogP contribution in [0.15, 0.2) is 24.5 Å². The van der Waals surface area contributed by atoms with Crippen LogP contribution in [0.4, 0.5) is 0 Å². The number of aromatic nitrogens is 2. The predicted molar refractivity (Wildman–Crippen MR) is 69.5 cm³/mol. The van der Waals surface area contributed by atoms with Crippen molar-refractivity contribution in [2.24, 2.45) is 0 Å². The Morgan fingerprint density at radius 3 is 2.84 bits per heavy atom. The Balaban J connectivity index is 2.26. The number of sulfonamides is 1. The van der Waals surface area contributed by atoms with E-state index in [1.54, 1.807) is 16.7 Å². The molecule has 0 radical (unpaired) electrons. The lowest BCUT2D eigenvalue weighted by Gasteiger charge is -2.05. The lowest BCUT2D eigenvalue weighted by atomic mass is 10.2. The van der Waals surface area contributed by atoms with Crippen molar-refractivity contribution in [1.29, 1.82) is 0 Å². The smallest absolute Gasteiger partial charge is 0.337 e. The fourth-order valence-corrected chi connectivity index (χ4v) is 2.25. The van der Waals surface area contributed by atoms with Gasteiger partial charge in [0.05, 0.1) is 23.7 Å². The third-order valence-corrected chi connectivity index (χ3v) is 3.33. The maximum absolute atomic E-state index is 11.0. The fourth-order valence-electron chi connectivity index (χ4n) is 1.79. The van der Waals surface area contributed by atoms with Crippen molar-refractivity contribution in [2.75, 3.05) is 12.8 Å². The van der Waals surface area contributed by atoms with E-state index in [9.17, 15) is 13.2 Å². The van der Waals surface area contributed by atoms with E-state index < -0.39 is 16.0 Å². The monoisotopic (exact) mass is 283 g/mol. The minimum atomic E-state index is -3.23. The zero-order valence-corrected chi connectivity index (χ0v) is 11.0. The lowest BCUT2D eigenvalue weighted by Crippen LogP contribution is -2.25. The number of imidazole rings is 1. The number of nitrogens with zero attached hydrogens (tertiary/aromatic N) is 2. The second-order valence-electron chi connectivity index (χ2n) is 4.08. The van der Waals surface area contributed by atoms with Crippen LogP contribution in [0, 0.1) is 0 Å². The minimum Gasteiger partial charge on any atom is -0.478 e. The van der Waals surface area contributed by atoms with Crippen molar-refractivity contribution < 1.29 is 18.3 Å². The van der Waals surface area contributed by atoms with Crippen molar-refractivity contribution >= 4 is 27.0 Å². The van der Waals surface area contributed by atoms with Gasteiger partial charge in [0.15, 0.2) is 0 Å². The van der Waals surface area contributed by atoms with E-state index in [4.69, 9.17) is 5.11 Å². The fraction of sp³-hybridized carbons (Fsp3) is 0.273. The molecule has 0 saturated carbocycles. The number of hydrogen-bond acceptors (Lipinski definition) is 4. The first kappa shape index (κ1) is 13.5. The molecule has 8 heteroatoms. The molecule has 102 valence electrons. The van der Waals surface area contributed by atoms with Crippen LogP contribution in [0.1, 0.15) is 10.4 Å². The zero-order chi connectivity index (χ0) is 14.0. The number of carboxylic acids is 1. The van der Waals surface area contributed by atoms with Crippen molar-refractivity contribution in [3.63, 3.8) is 0 Å². The molecule has 0 amide bonds. The quantitative estimate of drug-likeness (QED) is 0.821. The highest BCUT2D eigenvalue weighted by molar-refractivity contribution is 7.88. The van der Waals surface area contributed by atoms with Gasteiger partial charge in [-0.15, -0.1) is 0 Å². The van der Waals surface area contributed by atoms with Crippen molar-refractivity contribution in [3.8, 4) is 0 Å². The van der Waals surface area contributed by atoms with Gasteiger partial charge in [-0.2, -0.15) is 0 Å². The van der Waals surface area contributed by atoms with Crippen LogP contribution in [0.3, 0.4) is 0 Å². The molecule has 1 aromatic carbocycles. The summed E-state index contributed by atoms with van der Waals surface area (Å²) >= 11 is 0. The molecule has 0 bridgehead atoms. The average molecular weight is 283 g/mol. The molecule has 0 saturated heterocycles. The number of carboxylic acid groups (broad SMARTS) is 1. The first-order valence-electron chi connectivity index (χ1n) is 5.50. The molecular formula is C11H13N3O4S. The van der Waals surface area contributed by atoms with E-state index in [0.29, 0.717) is 17.6 Å². The normalized spacial score (nSPS) is 11.8. The molecular weight excluding hydrogens is 270 g/mol. The largest absolute Gasteiger partial charge is 0.478 e. The van der Waals surface area contributed by atoms with E-state index in [1.807, 2.05) is 0 Å². The Hall–Kier alpha value is -1.93. The molecule has 1 aromatic heterocycles. The van der Waals surface area contributed by atoms with Crippen LogP contribution in [0.2, 0.25) is 0 Å². The van der Waals surface area contributed by atoms with Gasteiger partial charge in [0.2, 0.25) is 10.0 Å². The molecule has 7 nitrogen and oxygen atoms in total. The summed E-state index contributed by atoms with van der Waals surface area (Å²) < 4.78 is 26.0. The Morgan fingerprint density at radius 2 is 2.21 bits per heavy atom. The highest BCUT2D eigenvalue weighted by Gasteiger charge is 2.12. The van der Waals surface area contributed by atoms with Gasteiger partial charge in [-0.1, -0.05) is 6.07 Å². The predicted octanol–water partition coefficient (Wildman–Crippen LogP) is 0.284. The van der Waals surface area contributed by atoms with Crippen LogP contribution in [-0.4, -0.2) is 41.8 Å². The number of nitrogens with one attached hydrogen (secondary N) is 1. The van der Waals surface area contributed by atoms with Gasteiger partial charge in [-0.05, 0) is 12.1 Å². The molecule has 0 aliphatic carbocycles. The topological polar surface area (TPSA) is 101 Å². The zero-order valence-electron chi connectivity index (χ0n) is 10.2. The van der Waals surface area contributed by atoms with E-state index in [0.717, 1.165) is 6.26 Å². The molecule has 1 heterocycles. The molecule has 19 heavy (non-hydrogen) atoms. The Morgan fingerprint density at radius 1 is 1.47 bits per heavy atom. The number of benzene rings is 1. The van der Waals surface area contributed by atoms with Gasteiger partial charge >= 0.3 is 5.97 Å². The summed E-state index contributed by atoms with van der Waals surface area (Å²) in [5.74, 6) is -1.04. The number of carbonyl (C=O) groups is 1. The second-order valence-corrected chi connectivity index (χ2v) is 5.92. The highest BCUT2D eigenvalue weighted by Crippen LogP contribution is 2.17. The highest BCUT2D eigenvalue weighted by atomic mass is 32.2. The first-order chi connectivity index (χ1) is 8.88. The molecule has 0 atom stereocenters. The van der Waals surface area contributed by atoms with Gasteiger partial charge in [0.25, 0.3) is 0 Å². The number of hydrogen-bond donors (Lipinski definition) is 2. The van der Waals surface area contributed by atoms with Gasteiger partial charge in [-0.3, -0.25) is 0 Å². The van der Waals surface area contributed by atoms with Crippen molar-refractivity contribution in [1.82, 2.24) is 14.3 Å². The van der Waals surface area contributed by atoms with Crippen LogP contribution >= 0.6 is 0 Å². The van der Waals surface area contributed by atoms with Crippen LogP contribution in [-0.2, 0) is 16.6 Å². The Kier molecular flexibility index (Phi) is 3.54. The summed E-state index contributed by atoms with van der Waals surface area (Å²) in [6.45, 7) is 0.605. The number of fused-ring (bicyclic) bond motifs is 1. The number of rotatable bonds is 5. The van der Waals surface area contributed by atoms with Crippen LogP contribution in [0.25, 0.3) is 11.0 Å². The lowest BCUT2D eigenvalue weighted by molar-refractivity contribution is 0.0699. The maximum atomic E-state index is 11.0. The average Bonchev–Trinajstić information content (AvgIpc) is 2.70. The SMILES string of the molecule is CS(=O)(=O)NCCn1cnc2c(C(=O)O)cccc21. The van der Waals surface area contributed by atoms with E-state index in [-0.39, 0.29) is 12.1 Å². The third kappa shape index (κ3) is 3.09. The molecule has 0 unspecified atom stereocenters. The molecule has 0 spiro atoms. The van der Waals surface area contributed by atoms with Crippen LogP contribution in [0.5, 0.6) is 0 Å². The standard InChI is InChI=1S/C11H13N3O4S/c1-19(17,18)13-5-6-14-7-12-10-8(11(15)16)3-2-4-9(10)14/h2-4,7,13H,5-6H2,1H3,(H,15,16). The van der Waals surface area contributed by atoms with Gasteiger partial charge in [-0.25, -0.2) is 22.9 Å². The summed E-state index contributed by atoms with van der Waals surface area (Å²) in [6, 6.07) is 4.86. The van der Waals surface area contributed by atoms with Gasteiger partial charge in [0.1, 0.15) is 5.52 Å². The summed E-state index contributed by atoms with van der Waals surface area (Å²) in [6.07, 6.45) is 2.59. The molecule has 0 aliphatic rings. The van der Waals surface area contributed by atoms with E-state index in [2.05, 4.69) is 9.71 Å². The molecule has 2 aromatic rings. The number of para-hydroxylation sites is 1. The third-order valence-electron chi connectivity index (χ3n) is 2.60. The summed E-state index contributed by atoms with van der Waals surface area (Å²) in [4.78, 5) is 15.1. The summed E-state index contributed by atoms with van der Waals surface area (Å²) in [5.41, 5.74) is 1.19. The van der Waals surface area contributed by atoms with Crippen LogP contribution < -0.4 is 4.72 Å². The van der Waals surface area contributed by atoms with Crippen molar-refractivity contribution in [3.05, 3.63) is 30.1 Å². The molecule has 0 aliphatic heterocycles. The van der Waals surface area contributed by atoms with Gasteiger partial charge in [0, 0.05) is 13.1 Å². The first-order valence-corrected chi connectivity index (χ1v) is 7.39. The molecule has 2 N–H and O–H groups in total. The van der Waals surface area contributed by atoms with Crippen molar-refractivity contribution in [2.45, 2.75) is 6.54 Å². The van der Waals surface area contributed by atoms with Gasteiger partial charge < -0.3 is 9.67 Å².